The second kappa shape index (κ2) is 4.99. The van der Waals surface area contributed by atoms with Crippen LogP contribution in [0.5, 0.6) is 0 Å². The Hall–Kier alpha value is -2.31. The third-order valence-corrected chi connectivity index (χ3v) is 3.70. The molecule has 1 aliphatic heterocycles. The standard InChI is InChI=1S/C13H19N5O2/c1-13(12(20)16-2)3-4-18(7-13)11-9(10(15)19)5-8(14)6-17-11/h5-6H,3-4,7,14H2,1-2H3,(H2,15,19)(H,16,20). The van der Waals surface area contributed by atoms with Crippen molar-refractivity contribution in [1.82, 2.24) is 10.3 Å². The summed E-state index contributed by atoms with van der Waals surface area (Å²) in [4.78, 5) is 29.5. The minimum absolute atomic E-state index is 0.0175. The Morgan fingerprint density at radius 3 is 2.80 bits per heavy atom. The van der Waals surface area contributed by atoms with E-state index in [0.29, 0.717) is 31.0 Å². The molecule has 0 aromatic carbocycles. The number of nitrogens with zero attached hydrogens (tertiary/aromatic N) is 2. The van der Waals surface area contributed by atoms with Crippen LogP contribution in [0.15, 0.2) is 12.3 Å². The first-order chi connectivity index (χ1) is 9.37. The average Bonchev–Trinajstić information content (AvgIpc) is 2.81. The highest BCUT2D eigenvalue weighted by Crippen LogP contribution is 2.34. The van der Waals surface area contributed by atoms with Gasteiger partial charge in [0.25, 0.3) is 5.91 Å². The summed E-state index contributed by atoms with van der Waals surface area (Å²) in [6, 6.07) is 1.51. The highest BCUT2D eigenvalue weighted by molar-refractivity contribution is 5.98. The molecule has 0 saturated carbocycles. The maximum absolute atomic E-state index is 11.9. The number of primary amides is 1. The first-order valence-corrected chi connectivity index (χ1v) is 6.40. The number of carbonyl (C=O) groups excluding carboxylic acids is 2. The summed E-state index contributed by atoms with van der Waals surface area (Å²) in [5, 5.41) is 2.67. The molecule has 1 aromatic rings. The van der Waals surface area contributed by atoms with E-state index in [1.807, 2.05) is 11.8 Å². The van der Waals surface area contributed by atoms with E-state index in [4.69, 9.17) is 11.5 Å². The average molecular weight is 277 g/mol. The van der Waals surface area contributed by atoms with Crippen LogP contribution in [0.3, 0.4) is 0 Å². The monoisotopic (exact) mass is 277 g/mol. The molecule has 1 aromatic heterocycles. The lowest BCUT2D eigenvalue weighted by molar-refractivity contribution is -0.128. The summed E-state index contributed by atoms with van der Waals surface area (Å²) in [5.74, 6) is -0.108. The minimum atomic E-state index is -0.576. The van der Waals surface area contributed by atoms with E-state index in [-0.39, 0.29) is 11.5 Å². The molecule has 0 aliphatic carbocycles. The van der Waals surface area contributed by atoms with Crippen molar-refractivity contribution in [2.24, 2.45) is 11.1 Å². The Kier molecular flexibility index (Phi) is 3.52. The summed E-state index contributed by atoms with van der Waals surface area (Å²) >= 11 is 0. The van der Waals surface area contributed by atoms with E-state index in [2.05, 4.69) is 10.3 Å². The van der Waals surface area contributed by atoms with Crippen LogP contribution in [0.4, 0.5) is 11.5 Å². The summed E-state index contributed by atoms with van der Waals surface area (Å²) in [7, 11) is 1.62. The number of aromatic nitrogens is 1. The fourth-order valence-electron chi connectivity index (χ4n) is 2.54. The lowest BCUT2D eigenvalue weighted by Crippen LogP contribution is -2.39. The van der Waals surface area contributed by atoms with Crippen LogP contribution in [0.1, 0.15) is 23.7 Å². The smallest absolute Gasteiger partial charge is 0.252 e. The first kappa shape index (κ1) is 14.1. The molecule has 2 heterocycles. The van der Waals surface area contributed by atoms with Gasteiger partial charge in [-0.05, 0) is 19.4 Å². The zero-order valence-corrected chi connectivity index (χ0v) is 11.6. The van der Waals surface area contributed by atoms with E-state index < -0.39 is 11.3 Å². The van der Waals surface area contributed by atoms with Gasteiger partial charge in [0.05, 0.1) is 22.9 Å². The van der Waals surface area contributed by atoms with Crippen molar-refractivity contribution in [3.63, 3.8) is 0 Å². The number of hydrogen-bond donors (Lipinski definition) is 3. The number of amides is 2. The lowest BCUT2D eigenvalue weighted by atomic mass is 9.89. The van der Waals surface area contributed by atoms with Crippen molar-refractivity contribution < 1.29 is 9.59 Å². The summed E-state index contributed by atoms with van der Waals surface area (Å²) in [6.07, 6.45) is 2.17. The van der Waals surface area contributed by atoms with Gasteiger partial charge < -0.3 is 21.7 Å². The summed E-state index contributed by atoms with van der Waals surface area (Å²) in [5.41, 5.74) is 11.2. The first-order valence-electron chi connectivity index (χ1n) is 6.40. The fourth-order valence-corrected chi connectivity index (χ4v) is 2.54. The van der Waals surface area contributed by atoms with Gasteiger partial charge in [-0.2, -0.15) is 0 Å². The Balaban J connectivity index is 2.31. The molecule has 7 nitrogen and oxygen atoms in total. The van der Waals surface area contributed by atoms with Crippen LogP contribution in [0, 0.1) is 5.41 Å². The molecule has 1 unspecified atom stereocenters. The molecule has 0 radical (unpaired) electrons. The topological polar surface area (TPSA) is 114 Å². The van der Waals surface area contributed by atoms with E-state index in [0.717, 1.165) is 0 Å². The predicted molar refractivity (Wildman–Crippen MR) is 76.2 cm³/mol. The molecule has 1 atom stereocenters. The Labute approximate surface area is 117 Å². The Morgan fingerprint density at radius 2 is 2.20 bits per heavy atom. The van der Waals surface area contributed by atoms with E-state index in [9.17, 15) is 9.59 Å². The van der Waals surface area contributed by atoms with Crippen molar-refractivity contribution in [3.05, 3.63) is 17.8 Å². The molecule has 108 valence electrons. The zero-order chi connectivity index (χ0) is 14.9. The van der Waals surface area contributed by atoms with Gasteiger partial charge in [-0.15, -0.1) is 0 Å². The van der Waals surface area contributed by atoms with Gasteiger partial charge >= 0.3 is 0 Å². The number of hydrogen-bond acceptors (Lipinski definition) is 5. The van der Waals surface area contributed by atoms with E-state index in [1.165, 1.54) is 12.3 Å². The zero-order valence-electron chi connectivity index (χ0n) is 11.6. The number of carbonyl (C=O) groups is 2. The maximum Gasteiger partial charge on any atom is 0.252 e. The van der Waals surface area contributed by atoms with Gasteiger partial charge in [0.2, 0.25) is 5.91 Å². The molecule has 2 rings (SSSR count). The van der Waals surface area contributed by atoms with E-state index >= 15 is 0 Å². The van der Waals surface area contributed by atoms with Crippen LogP contribution in [0.25, 0.3) is 0 Å². The fraction of sp³-hybridized carbons (Fsp3) is 0.462. The second-order valence-electron chi connectivity index (χ2n) is 5.32. The second-order valence-corrected chi connectivity index (χ2v) is 5.32. The summed E-state index contributed by atoms with van der Waals surface area (Å²) in [6.45, 7) is 3.03. The van der Waals surface area contributed by atoms with Crippen LogP contribution in [0.2, 0.25) is 0 Å². The molecule has 5 N–H and O–H groups in total. The van der Waals surface area contributed by atoms with Gasteiger partial charge in [-0.3, -0.25) is 9.59 Å². The molecular formula is C13H19N5O2. The quantitative estimate of drug-likeness (QED) is 0.703. The molecule has 1 saturated heterocycles. The SMILES string of the molecule is CNC(=O)C1(C)CCN(c2ncc(N)cc2C(N)=O)C1. The molecular weight excluding hydrogens is 258 g/mol. The third-order valence-electron chi connectivity index (χ3n) is 3.70. The third kappa shape index (κ3) is 2.38. The van der Waals surface area contributed by atoms with E-state index in [1.54, 1.807) is 7.05 Å². The predicted octanol–water partition coefficient (Wildman–Crippen LogP) is -0.275. The highest BCUT2D eigenvalue weighted by atomic mass is 16.2. The van der Waals surface area contributed by atoms with Gasteiger partial charge in [-0.25, -0.2) is 4.98 Å². The van der Waals surface area contributed by atoms with Crippen LogP contribution < -0.4 is 21.7 Å². The highest BCUT2D eigenvalue weighted by Gasteiger charge is 2.41. The number of nitrogens with one attached hydrogen (secondary N) is 1. The molecule has 2 amide bonds. The normalized spacial score (nSPS) is 21.8. The van der Waals surface area contributed by atoms with Gasteiger partial charge in [0.1, 0.15) is 5.82 Å². The maximum atomic E-state index is 11.9. The number of anilines is 2. The largest absolute Gasteiger partial charge is 0.397 e. The molecule has 20 heavy (non-hydrogen) atoms. The molecule has 7 heteroatoms. The van der Waals surface area contributed by atoms with Crippen molar-refractivity contribution in [3.8, 4) is 0 Å². The van der Waals surface area contributed by atoms with Crippen molar-refractivity contribution >= 4 is 23.3 Å². The number of pyridine rings is 1. The van der Waals surface area contributed by atoms with Crippen molar-refractivity contribution in [2.45, 2.75) is 13.3 Å². The van der Waals surface area contributed by atoms with Crippen molar-refractivity contribution in [1.29, 1.82) is 0 Å². The lowest BCUT2D eigenvalue weighted by Gasteiger charge is -2.24. The van der Waals surface area contributed by atoms with Crippen molar-refractivity contribution in [2.75, 3.05) is 30.8 Å². The van der Waals surface area contributed by atoms with Crippen LogP contribution in [-0.2, 0) is 4.79 Å². The van der Waals surface area contributed by atoms with Crippen LogP contribution in [-0.4, -0.2) is 36.9 Å². The van der Waals surface area contributed by atoms with Gasteiger partial charge in [0.15, 0.2) is 0 Å². The minimum Gasteiger partial charge on any atom is -0.397 e. The number of nitrogen functional groups attached to an aromatic ring is 1. The number of rotatable bonds is 3. The van der Waals surface area contributed by atoms with Crippen LogP contribution >= 0.6 is 0 Å². The molecule has 1 fully saturated rings. The molecule has 0 spiro atoms. The Bertz CT molecular complexity index is 560. The number of nitrogens with two attached hydrogens (primary N) is 2. The van der Waals surface area contributed by atoms with Gasteiger partial charge in [-0.1, -0.05) is 0 Å². The molecule has 0 bridgehead atoms. The Morgan fingerprint density at radius 1 is 1.50 bits per heavy atom. The van der Waals surface area contributed by atoms with Gasteiger partial charge in [0, 0.05) is 20.1 Å². The summed E-state index contributed by atoms with van der Waals surface area (Å²) < 4.78 is 0. The molecule has 1 aliphatic rings.